The molecule has 0 aromatic heterocycles. The summed E-state index contributed by atoms with van der Waals surface area (Å²) in [5.74, 6) is -0.435. The normalized spacial score (nSPS) is 9.73. The number of halogens is 3. The highest BCUT2D eigenvalue weighted by atomic mass is 79.9. The predicted octanol–water partition coefficient (Wildman–Crippen LogP) is 3.16. The maximum Gasteiger partial charge on any atom is 0.151 e. The van der Waals surface area contributed by atoms with Crippen LogP contribution < -0.4 is 0 Å². The minimum Gasteiger partial charge on any atom is -0.298 e. The first-order chi connectivity index (χ1) is 5.15. The molecule has 0 aliphatic rings. The van der Waals surface area contributed by atoms with E-state index in [4.69, 9.17) is 0 Å². The van der Waals surface area contributed by atoms with Crippen LogP contribution in [0.25, 0.3) is 0 Å². The lowest BCUT2D eigenvalue weighted by Gasteiger charge is -1.97. The van der Waals surface area contributed by atoms with Crippen LogP contribution >= 0.6 is 31.9 Å². The molecule has 1 aromatic carbocycles. The SMILES string of the molecule is O=Cc1cc(F)c(Br)cc1Br. The Bertz CT molecular complexity index is 299. The largest absolute Gasteiger partial charge is 0.298 e. The molecule has 0 amide bonds. The minimum absolute atomic E-state index is 0.311. The Labute approximate surface area is 79.9 Å². The van der Waals surface area contributed by atoms with Crippen LogP contribution in [-0.4, -0.2) is 6.29 Å². The highest BCUT2D eigenvalue weighted by Crippen LogP contribution is 2.23. The Balaban J connectivity index is 3.31. The first kappa shape index (κ1) is 8.87. The Kier molecular flexibility index (Phi) is 2.78. The summed E-state index contributed by atoms with van der Waals surface area (Å²) < 4.78 is 13.6. The summed E-state index contributed by atoms with van der Waals surface area (Å²) in [6, 6.07) is 2.67. The molecule has 0 saturated carbocycles. The first-order valence-corrected chi connectivity index (χ1v) is 4.33. The van der Waals surface area contributed by atoms with E-state index >= 15 is 0 Å². The third-order valence-electron chi connectivity index (χ3n) is 1.17. The maximum atomic E-state index is 12.7. The second-order valence-electron chi connectivity index (χ2n) is 1.91. The number of aldehydes is 1. The average molecular weight is 282 g/mol. The lowest BCUT2D eigenvalue weighted by molar-refractivity contribution is 0.112. The zero-order chi connectivity index (χ0) is 8.43. The first-order valence-electron chi connectivity index (χ1n) is 2.75. The van der Waals surface area contributed by atoms with Crippen molar-refractivity contribution < 1.29 is 9.18 Å². The highest BCUT2D eigenvalue weighted by molar-refractivity contribution is 9.11. The molecule has 0 aliphatic heterocycles. The van der Waals surface area contributed by atoms with Crippen molar-refractivity contribution in [3.63, 3.8) is 0 Å². The molecule has 0 saturated heterocycles. The molecule has 4 heteroatoms. The predicted molar refractivity (Wildman–Crippen MR) is 47.2 cm³/mol. The Morgan fingerprint density at radius 2 is 1.91 bits per heavy atom. The molecule has 58 valence electrons. The van der Waals surface area contributed by atoms with Crippen LogP contribution in [0.5, 0.6) is 0 Å². The third-order valence-corrected chi connectivity index (χ3v) is 2.46. The van der Waals surface area contributed by atoms with Gasteiger partial charge in [0.1, 0.15) is 5.82 Å². The van der Waals surface area contributed by atoms with E-state index in [9.17, 15) is 9.18 Å². The van der Waals surface area contributed by atoms with Crippen molar-refractivity contribution in [2.75, 3.05) is 0 Å². The van der Waals surface area contributed by atoms with Crippen molar-refractivity contribution in [2.24, 2.45) is 0 Å². The fourth-order valence-electron chi connectivity index (χ4n) is 0.628. The molecular formula is C7H3Br2FO. The molecule has 0 radical (unpaired) electrons. The lowest BCUT2D eigenvalue weighted by atomic mass is 10.2. The molecule has 1 nitrogen and oxygen atoms in total. The van der Waals surface area contributed by atoms with Crippen molar-refractivity contribution in [2.45, 2.75) is 0 Å². The summed E-state index contributed by atoms with van der Waals surface area (Å²) in [4.78, 5) is 10.3. The van der Waals surface area contributed by atoms with Crippen molar-refractivity contribution in [3.05, 3.63) is 32.5 Å². The lowest BCUT2D eigenvalue weighted by Crippen LogP contribution is -1.85. The van der Waals surface area contributed by atoms with Crippen molar-refractivity contribution >= 4 is 38.1 Å². The molecule has 0 aliphatic carbocycles. The standard InChI is InChI=1S/C7H3Br2FO/c8-5-2-6(9)7(10)1-4(5)3-11/h1-3H. The number of carbonyl (C=O) groups is 1. The van der Waals surface area contributed by atoms with E-state index in [1.54, 1.807) is 0 Å². The molecule has 11 heavy (non-hydrogen) atoms. The molecule has 0 fully saturated rings. The topological polar surface area (TPSA) is 17.1 Å². The van der Waals surface area contributed by atoms with Gasteiger partial charge in [0.2, 0.25) is 0 Å². The zero-order valence-electron chi connectivity index (χ0n) is 5.27. The Morgan fingerprint density at radius 1 is 1.27 bits per heavy atom. The maximum absolute atomic E-state index is 12.7. The van der Waals surface area contributed by atoms with Gasteiger partial charge in [-0.25, -0.2) is 4.39 Å². The van der Waals surface area contributed by atoms with Crippen LogP contribution in [0.3, 0.4) is 0 Å². The van der Waals surface area contributed by atoms with Gasteiger partial charge >= 0.3 is 0 Å². The van der Waals surface area contributed by atoms with Crippen LogP contribution in [0.2, 0.25) is 0 Å². The summed E-state index contributed by atoms with van der Waals surface area (Å²) in [6.45, 7) is 0. The second kappa shape index (κ2) is 3.45. The molecule has 1 rings (SSSR count). The fraction of sp³-hybridized carbons (Fsp3) is 0. The Morgan fingerprint density at radius 3 is 2.45 bits per heavy atom. The number of hydrogen-bond acceptors (Lipinski definition) is 1. The zero-order valence-corrected chi connectivity index (χ0v) is 8.45. The highest BCUT2D eigenvalue weighted by Gasteiger charge is 2.04. The fourth-order valence-corrected chi connectivity index (χ4v) is 1.72. The van der Waals surface area contributed by atoms with Gasteiger partial charge in [-0.15, -0.1) is 0 Å². The number of benzene rings is 1. The smallest absolute Gasteiger partial charge is 0.151 e. The summed E-state index contributed by atoms with van der Waals surface area (Å²) in [5, 5.41) is 0. The van der Waals surface area contributed by atoms with Gasteiger partial charge in [-0.2, -0.15) is 0 Å². The third kappa shape index (κ3) is 1.87. The van der Waals surface area contributed by atoms with Gasteiger partial charge < -0.3 is 0 Å². The van der Waals surface area contributed by atoms with Gasteiger partial charge in [-0.1, -0.05) is 15.9 Å². The molecule has 0 unspecified atom stereocenters. The molecule has 0 spiro atoms. The van der Waals surface area contributed by atoms with Crippen LogP contribution in [-0.2, 0) is 0 Å². The van der Waals surface area contributed by atoms with Crippen LogP contribution in [0.4, 0.5) is 4.39 Å². The minimum atomic E-state index is -0.435. The Hall–Kier alpha value is -0.220. The number of rotatable bonds is 1. The average Bonchev–Trinajstić information content (AvgIpc) is 1.97. The van der Waals surface area contributed by atoms with Gasteiger partial charge in [-0.05, 0) is 28.1 Å². The molecule has 0 heterocycles. The van der Waals surface area contributed by atoms with E-state index in [1.165, 1.54) is 12.1 Å². The molecule has 0 N–H and O–H groups in total. The van der Waals surface area contributed by atoms with Crippen molar-refractivity contribution in [1.82, 2.24) is 0 Å². The number of hydrogen-bond donors (Lipinski definition) is 0. The van der Waals surface area contributed by atoms with E-state index < -0.39 is 5.82 Å². The van der Waals surface area contributed by atoms with Gasteiger partial charge in [-0.3, -0.25) is 4.79 Å². The van der Waals surface area contributed by atoms with Crippen LogP contribution in [0.15, 0.2) is 21.1 Å². The summed E-state index contributed by atoms with van der Waals surface area (Å²) in [6.07, 6.45) is 0.597. The number of carbonyl (C=O) groups excluding carboxylic acids is 1. The van der Waals surface area contributed by atoms with E-state index in [-0.39, 0.29) is 0 Å². The monoisotopic (exact) mass is 280 g/mol. The van der Waals surface area contributed by atoms with E-state index in [0.717, 1.165) is 0 Å². The van der Waals surface area contributed by atoms with Gasteiger partial charge in [0, 0.05) is 10.0 Å². The van der Waals surface area contributed by atoms with E-state index in [1.807, 2.05) is 0 Å². The summed E-state index contributed by atoms with van der Waals surface area (Å²) in [5.41, 5.74) is 0.311. The van der Waals surface area contributed by atoms with Crippen LogP contribution in [0.1, 0.15) is 10.4 Å². The van der Waals surface area contributed by atoms with Crippen LogP contribution in [0, 0.1) is 5.82 Å². The van der Waals surface area contributed by atoms with Gasteiger partial charge in [0.05, 0.1) is 4.47 Å². The quantitative estimate of drug-likeness (QED) is 0.571. The van der Waals surface area contributed by atoms with E-state index in [2.05, 4.69) is 31.9 Å². The molecule has 0 atom stereocenters. The van der Waals surface area contributed by atoms with E-state index in [0.29, 0.717) is 20.8 Å². The van der Waals surface area contributed by atoms with Crippen molar-refractivity contribution in [3.8, 4) is 0 Å². The summed E-state index contributed by atoms with van der Waals surface area (Å²) >= 11 is 6.10. The van der Waals surface area contributed by atoms with Gasteiger partial charge in [0.25, 0.3) is 0 Å². The summed E-state index contributed by atoms with van der Waals surface area (Å²) in [7, 11) is 0. The molecular weight excluding hydrogens is 279 g/mol. The molecule has 0 bridgehead atoms. The second-order valence-corrected chi connectivity index (χ2v) is 3.61. The van der Waals surface area contributed by atoms with Gasteiger partial charge in [0.15, 0.2) is 6.29 Å². The van der Waals surface area contributed by atoms with Crippen molar-refractivity contribution in [1.29, 1.82) is 0 Å². The molecule has 1 aromatic rings.